The lowest BCUT2D eigenvalue weighted by atomic mass is 10.2. The molecule has 1 heterocycles. The SMILES string of the molecule is Cc1cccc(=O)n1CC(C)CS. The van der Waals surface area contributed by atoms with Crippen molar-refractivity contribution in [1.29, 1.82) is 0 Å². The van der Waals surface area contributed by atoms with Gasteiger partial charge in [-0.15, -0.1) is 0 Å². The molecule has 0 saturated carbocycles. The third-order valence-corrected chi connectivity index (χ3v) is 2.70. The van der Waals surface area contributed by atoms with E-state index in [1.807, 2.05) is 13.0 Å². The summed E-state index contributed by atoms with van der Waals surface area (Å²) < 4.78 is 1.79. The lowest BCUT2D eigenvalue weighted by Crippen LogP contribution is -2.24. The molecular formula is C10H15NOS. The summed E-state index contributed by atoms with van der Waals surface area (Å²) in [5, 5.41) is 0. The van der Waals surface area contributed by atoms with E-state index in [0.717, 1.165) is 18.0 Å². The Morgan fingerprint density at radius 3 is 2.77 bits per heavy atom. The number of rotatable bonds is 3. The summed E-state index contributed by atoms with van der Waals surface area (Å²) >= 11 is 4.20. The summed E-state index contributed by atoms with van der Waals surface area (Å²) in [5.41, 5.74) is 1.09. The first-order valence-electron chi connectivity index (χ1n) is 4.42. The van der Waals surface area contributed by atoms with E-state index in [-0.39, 0.29) is 5.56 Å². The Kier molecular flexibility index (Phi) is 3.60. The van der Waals surface area contributed by atoms with E-state index in [9.17, 15) is 4.79 Å². The molecule has 13 heavy (non-hydrogen) atoms. The molecule has 0 bridgehead atoms. The maximum atomic E-state index is 11.4. The van der Waals surface area contributed by atoms with Gasteiger partial charge in [-0.3, -0.25) is 4.79 Å². The minimum atomic E-state index is 0.0774. The van der Waals surface area contributed by atoms with Gasteiger partial charge < -0.3 is 4.57 Å². The predicted octanol–water partition coefficient (Wildman–Crippen LogP) is 1.72. The molecule has 1 aromatic heterocycles. The molecule has 3 heteroatoms. The number of aromatic nitrogens is 1. The van der Waals surface area contributed by atoms with Crippen LogP contribution in [0.15, 0.2) is 23.0 Å². The summed E-state index contributed by atoms with van der Waals surface area (Å²) in [5.74, 6) is 1.24. The van der Waals surface area contributed by atoms with Gasteiger partial charge in [-0.2, -0.15) is 12.6 Å². The highest BCUT2D eigenvalue weighted by atomic mass is 32.1. The summed E-state index contributed by atoms with van der Waals surface area (Å²) in [6, 6.07) is 5.34. The molecule has 0 radical (unpaired) electrons. The van der Waals surface area contributed by atoms with E-state index in [0.29, 0.717) is 5.92 Å². The van der Waals surface area contributed by atoms with Crippen LogP contribution in [0, 0.1) is 12.8 Å². The fraction of sp³-hybridized carbons (Fsp3) is 0.500. The van der Waals surface area contributed by atoms with Crippen molar-refractivity contribution in [1.82, 2.24) is 4.57 Å². The Morgan fingerprint density at radius 2 is 2.23 bits per heavy atom. The van der Waals surface area contributed by atoms with Gasteiger partial charge >= 0.3 is 0 Å². The van der Waals surface area contributed by atoms with Gasteiger partial charge in [0.2, 0.25) is 0 Å². The van der Waals surface area contributed by atoms with Crippen LogP contribution in [0.3, 0.4) is 0 Å². The Balaban J connectivity index is 2.93. The van der Waals surface area contributed by atoms with Crippen LogP contribution in [0.2, 0.25) is 0 Å². The number of pyridine rings is 1. The molecule has 1 aromatic rings. The van der Waals surface area contributed by atoms with Crippen molar-refractivity contribution < 1.29 is 0 Å². The maximum Gasteiger partial charge on any atom is 0.250 e. The van der Waals surface area contributed by atoms with E-state index >= 15 is 0 Å². The fourth-order valence-electron chi connectivity index (χ4n) is 1.23. The molecule has 0 aliphatic carbocycles. The standard InChI is InChI=1S/C10H15NOS/c1-8(7-13)6-11-9(2)4-3-5-10(11)12/h3-5,8,13H,6-7H2,1-2H3. The van der Waals surface area contributed by atoms with Crippen LogP contribution in [-0.4, -0.2) is 10.3 Å². The zero-order chi connectivity index (χ0) is 9.84. The third-order valence-electron chi connectivity index (χ3n) is 2.07. The number of thiol groups is 1. The number of hydrogen-bond acceptors (Lipinski definition) is 2. The van der Waals surface area contributed by atoms with Crippen molar-refractivity contribution in [3.63, 3.8) is 0 Å². The predicted molar refractivity (Wildman–Crippen MR) is 58.5 cm³/mol. The van der Waals surface area contributed by atoms with Gasteiger partial charge in [-0.05, 0) is 24.7 Å². The van der Waals surface area contributed by atoms with Gasteiger partial charge in [0.25, 0.3) is 5.56 Å². The van der Waals surface area contributed by atoms with E-state index in [2.05, 4.69) is 19.6 Å². The summed E-state index contributed by atoms with van der Waals surface area (Å²) in [4.78, 5) is 11.4. The minimum Gasteiger partial charge on any atom is -0.313 e. The highest BCUT2D eigenvalue weighted by Gasteiger charge is 2.03. The van der Waals surface area contributed by atoms with E-state index in [4.69, 9.17) is 0 Å². The Bertz CT molecular complexity index is 332. The molecule has 0 N–H and O–H groups in total. The second-order valence-corrected chi connectivity index (χ2v) is 3.77. The molecule has 2 nitrogen and oxygen atoms in total. The van der Waals surface area contributed by atoms with Crippen molar-refractivity contribution >= 4 is 12.6 Å². The number of hydrogen-bond donors (Lipinski definition) is 1. The normalized spacial score (nSPS) is 12.8. The Morgan fingerprint density at radius 1 is 1.54 bits per heavy atom. The van der Waals surface area contributed by atoms with Crippen molar-refractivity contribution in [2.75, 3.05) is 5.75 Å². The summed E-state index contributed by atoms with van der Waals surface area (Å²) in [7, 11) is 0. The van der Waals surface area contributed by atoms with Crippen LogP contribution in [0.4, 0.5) is 0 Å². The van der Waals surface area contributed by atoms with Crippen molar-refractivity contribution in [2.24, 2.45) is 5.92 Å². The third kappa shape index (κ3) is 2.62. The number of aryl methyl sites for hydroxylation is 1. The first-order chi connectivity index (χ1) is 6.15. The zero-order valence-corrected chi connectivity index (χ0v) is 8.92. The lowest BCUT2D eigenvalue weighted by Gasteiger charge is -2.13. The molecule has 1 rings (SSSR count). The average Bonchev–Trinajstić information content (AvgIpc) is 2.11. The molecule has 0 amide bonds. The first-order valence-corrected chi connectivity index (χ1v) is 5.05. The van der Waals surface area contributed by atoms with Gasteiger partial charge in [-0.1, -0.05) is 13.0 Å². The lowest BCUT2D eigenvalue weighted by molar-refractivity contribution is 0.510. The molecule has 0 fully saturated rings. The van der Waals surface area contributed by atoms with Crippen LogP contribution in [0.5, 0.6) is 0 Å². The molecule has 1 unspecified atom stereocenters. The largest absolute Gasteiger partial charge is 0.313 e. The summed E-state index contributed by atoms with van der Waals surface area (Å²) in [6.07, 6.45) is 0. The van der Waals surface area contributed by atoms with Crippen LogP contribution in [0.1, 0.15) is 12.6 Å². The minimum absolute atomic E-state index is 0.0774. The van der Waals surface area contributed by atoms with E-state index in [1.165, 1.54) is 0 Å². The van der Waals surface area contributed by atoms with Crippen LogP contribution >= 0.6 is 12.6 Å². The van der Waals surface area contributed by atoms with Crippen molar-refractivity contribution in [3.8, 4) is 0 Å². The maximum absolute atomic E-state index is 11.4. The second kappa shape index (κ2) is 4.51. The molecular weight excluding hydrogens is 182 g/mol. The van der Waals surface area contributed by atoms with Gasteiger partial charge in [-0.25, -0.2) is 0 Å². The Labute approximate surface area is 84.0 Å². The Hall–Kier alpha value is -0.700. The summed E-state index contributed by atoms with van der Waals surface area (Å²) in [6.45, 7) is 4.80. The highest BCUT2D eigenvalue weighted by molar-refractivity contribution is 7.80. The highest BCUT2D eigenvalue weighted by Crippen LogP contribution is 2.03. The molecule has 0 spiro atoms. The molecule has 72 valence electrons. The average molecular weight is 197 g/mol. The molecule has 1 atom stereocenters. The number of nitrogens with zero attached hydrogens (tertiary/aromatic N) is 1. The van der Waals surface area contributed by atoms with Crippen LogP contribution in [0.25, 0.3) is 0 Å². The van der Waals surface area contributed by atoms with Gasteiger partial charge in [0.05, 0.1) is 0 Å². The van der Waals surface area contributed by atoms with Gasteiger partial charge in [0.15, 0.2) is 0 Å². The van der Waals surface area contributed by atoms with Gasteiger partial charge in [0, 0.05) is 18.3 Å². The quantitative estimate of drug-likeness (QED) is 0.732. The van der Waals surface area contributed by atoms with E-state index in [1.54, 1.807) is 16.7 Å². The van der Waals surface area contributed by atoms with Gasteiger partial charge in [0.1, 0.15) is 0 Å². The zero-order valence-electron chi connectivity index (χ0n) is 8.03. The molecule has 0 aliphatic rings. The van der Waals surface area contributed by atoms with Crippen molar-refractivity contribution in [3.05, 3.63) is 34.2 Å². The van der Waals surface area contributed by atoms with Crippen molar-refractivity contribution in [2.45, 2.75) is 20.4 Å². The monoisotopic (exact) mass is 197 g/mol. The molecule has 0 aliphatic heterocycles. The second-order valence-electron chi connectivity index (χ2n) is 3.40. The molecule has 0 saturated heterocycles. The fourth-order valence-corrected chi connectivity index (χ4v) is 1.34. The first kappa shape index (κ1) is 10.4. The topological polar surface area (TPSA) is 22.0 Å². The van der Waals surface area contributed by atoms with E-state index < -0.39 is 0 Å². The van der Waals surface area contributed by atoms with Crippen LogP contribution < -0.4 is 5.56 Å². The molecule has 0 aromatic carbocycles. The van der Waals surface area contributed by atoms with Crippen LogP contribution in [-0.2, 0) is 6.54 Å². The smallest absolute Gasteiger partial charge is 0.250 e.